The Labute approximate surface area is 121 Å². The van der Waals surface area contributed by atoms with E-state index >= 15 is 0 Å². The van der Waals surface area contributed by atoms with E-state index in [2.05, 4.69) is 4.98 Å². The molecular formula is C16H14N2O3. The van der Waals surface area contributed by atoms with E-state index in [1.165, 1.54) is 0 Å². The van der Waals surface area contributed by atoms with E-state index in [9.17, 15) is 4.79 Å². The number of aromatic nitrogens is 2. The summed E-state index contributed by atoms with van der Waals surface area (Å²) in [5, 5.41) is 9.13. The third kappa shape index (κ3) is 2.45. The van der Waals surface area contributed by atoms with Gasteiger partial charge >= 0.3 is 5.97 Å². The molecule has 0 aliphatic heterocycles. The second kappa shape index (κ2) is 5.28. The standard InChI is InChI=1S/C16H14N2O3/c1-21-12-8-6-11(7-9-12)16-17-13-4-2-3-5-14(13)18(16)10-15(19)20/h2-9H,10H2,1H3,(H,19,20). The average molecular weight is 282 g/mol. The highest BCUT2D eigenvalue weighted by Gasteiger charge is 2.14. The Hall–Kier alpha value is -2.82. The number of nitrogens with zero attached hydrogens (tertiary/aromatic N) is 2. The summed E-state index contributed by atoms with van der Waals surface area (Å²) < 4.78 is 6.85. The summed E-state index contributed by atoms with van der Waals surface area (Å²) in [6.07, 6.45) is 0. The fourth-order valence-corrected chi connectivity index (χ4v) is 2.33. The summed E-state index contributed by atoms with van der Waals surface area (Å²) in [7, 11) is 1.61. The first-order valence-corrected chi connectivity index (χ1v) is 6.50. The summed E-state index contributed by atoms with van der Waals surface area (Å²) in [5.41, 5.74) is 2.45. The molecular weight excluding hydrogens is 268 g/mol. The summed E-state index contributed by atoms with van der Waals surface area (Å²) in [4.78, 5) is 15.7. The predicted octanol–water partition coefficient (Wildman–Crippen LogP) is 2.80. The van der Waals surface area contributed by atoms with Crippen molar-refractivity contribution in [2.24, 2.45) is 0 Å². The minimum atomic E-state index is -0.895. The van der Waals surface area contributed by atoms with Crippen LogP contribution in [0.4, 0.5) is 0 Å². The van der Waals surface area contributed by atoms with Gasteiger partial charge in [-0.05, 0) is 36.4 Å². The van der Waals surface area contributed by atoms with E-state index < -0.39 is 5.97 Å². The zero-order valence-corrected chi connectivity index (χ0v) is 11.5. The van der Waals surface area contributed by atoms with Gasteiger partial charge in [-0.2, -0.15) is 0 Å². The van der Waals surface area contributed by atoms with Gasteiger partial charge in [0, 0.05) is 5.56 Å². The maximum Gasteiger partial charge on any atom is 0.323 e. The number of benzene rings is 2. The van der Waals surface area contributed by atoms with Crippen LogP contribution in [-0.2, 0) is 11.3 Å². The Balaban J connectivity index is 2.17. The third-order valence-corrected chi connectivity index (χ3v) is 3.30. The molecule has 0 aliphatic rings. The van der Waals surface area contributed by atoms with Crippen LogP contribution in [0.5, 0.6) is 5.75 Å². The zero-order valence-electron chi connectivity index (χ0n) is 11.5. The molecule has 3 rings (SSSR count). The van der Waals surface area contributed by atoms with Crippen LogP contribution in [0.25, 0.3) is 22.4 Å². The fraction of sp³-hybridized carbons (Fsp3) is 0.125. The predicted molar refractivity (Wildman–Crippen MR) is 79.4 cm³/mol. The van der Waals surface area contributed by atoms with Crippen LogP contribution >= 0.6 is 0 Å². The smallest absolute Gasteiger partial charge is 0.323 e. The van der Waals surface area contributed by atoms with Gasteiger partial charge in [-0.3, -0.25) is 4.79 Å². The number of para-hydroxylation sites is 2. The lowest BCUT2D eigenvalue weighted by molar-refractivity contribution is -0.137. The summed E-state index contributed by atoms with van der Waals surface area (Å²) in [6, 6.07) is 14.9. The van der Waals surface area contributed by atoms with Crippen molar-refractivity contribution in [2.45, 2.75) is 6.54 Å². The number of hydrogen-bond donors (Lipinski definition) is 1. The van der Waals surface area contributed by atoms with Crippen LogP contribution in [0.15, 0.2) is 48.5 Å². The van der Waals surface area contributed by atoms with Crippen LogP contribution in [0, 0.1) is 0 Å². The van der Waals surface area contributed by atoms with E-state index in [1.54, 1.807) is 11.7 Å². The van der Waals surface area contributed by atoms with Gasteiger partial charge in [0.25, 0.3) is 0 Å². The maximum atomic E-state index is 11.1. The molecule has 2 aromatic carbocycles. The van der Waals surface area contributed by atoms with Crippen LogP contribution in [-0.4, -0.2) is 27.7 Å². The van der Waals surface area contributed by atoms with Crippen molar-refractivity contribution in [3.63, 3.8) is 0 Å². The molecule has 0 aliphatic carbocycles. The van der Waals surface area contributed by atoms with Gasteiger partial charge in [-0.25, -0.2) is 4.98 Å². The van der Waals surface area contributed by atoms with Gasteiger partial charge in [0.15, 0.2) is 0 Å². The molecule has 1 heterocycles. The van der Waals surface area contributed by atoms with Crippen molar-refractivity contribution in [2.75, 3.05) is 7.11 Å². The number of carboxylic acids is 1. The topological polar surface area (TPSA) is 64.4 Å². The fourth-order valence-electron chi connectivity index (χ4n) is 2.33. The molecule has 0 spiro atoms. The van der Waals surface area contributed by atoms with Crippen molar-refractivity contribution >= 4 is 17.0 Å². The molecule has 0 saturated carbocycles. The quantitative estimate of drug-likeness (QED) is 0.799. The second-order valence-electron chi connectivity index (χ2n) is 4.63. The number of fused-ring (bicyclic) bond motifs is 1. The molecule has 1 aromatic heterocycles. The number of carboxylic acid groups (broad SMARTS) is 1. The lowest BCUT2D eigenvalue weighted by Gasteiger charge is -2.07. The monoisotopic (exact) mass is 282 g/mol. The first-order chi connectivity index (χ1) is 10.2. The van der Waals surface area contributed by atoms with Gasteiger partial charge in [0.2, 0.25) is 0 Å². The molecule has 1 N–H and O–H groups in total. The Morgan fingerprint density at radius 2 is 1.90 bits per heavy atom. The van der Waals surface area contributed by atoms with Crippen LogP contribution in [0.1, 0.15) is 0 Å². The molecule has 0 bridgehead atoms. The van der Waals surface area contributed by atoms with Gasteiger partial charge in [-0.1, -0.05) is 12.1 Å². The molecule has 3 aromatic rings. The van der Waals surface area contributed by atoms with E-state index in [0.717, 1.165) is 22.3 Å². The Bertz CT molecular complexity index is 791. The number of methoxy groups -OCH3 is 1. The van der Waals surface area contributed by atoms with Crippen molar-refractivity contribution in [3.8, 4) is 17.1 Å². The zero-order chi connectivity index (χ0) is 14.8. The molecule has 0 amide bonds. The molecule has 21 heavy (non-hydrogen) atoms. The number of aliphatic carboxylic acids is 1. The van der Waals surface area contributed by atoms with Gasteiger partial charge < -0.3 is 14.4 Å². The minimum absolute atomic E-state index is 0.123. The Morgan fingerprint density at radius 1 is 1.19 bits per heavy atom. The molecule has 5 nitrogen and oxygen atoms in total. The summed E-state index contributed by atoms with van der Waals surface area (Å²) >= 11 is 0. The van der Waals surface area contributed by atoms with Crippen molar-refractivity contribution < 1.29 is 14.6 Å². The largest absolute Gasteiger partial charge is 0.497 e. The van der Waals surface area contributed by atoms with Crippen LogP contribution in [0.3, 0.4) is 0 Å². The molecule has 0 unspecified atom stereocenters. The normalized spacial score (nSPS) is 10.7. The highest BCUT2D eigenvalue weighted by Crippen LogP contribution is 2.26. The molecule has 0 radical (unpaired) electrons. The lowest BCUT2D eigenvalue weighted by atomic mass is 10.2. The lowest BCUT2D eigenvalue weighted by Crippen LogP contribution is -2.09. The number of hydrogen-bond acceptors (Lipinski definition) is 3. The van der Waals surface area contributed by atoms with Gasteiger partial charge in [-0.15, -0.1) is 0 Å². The SMILES string of the molecule is COc1ccc(-c2nc3ccccc3n2CC(=O)O)cc1. The van der Waals surface area contributed by atoms with Crippen molar-refractivity contribution in [1.82, 2.24) is 9.55 Å². The van der Waals surface area contributed by atoms with E-state index in [0.29, 0.717) is 5.82 Å². The molecule has 106 valence electrons. The molecule has 0 fully saturated rings. The van der Waals surface area contributed by atoms with Crippen molar-refractivity contribution in [3.05, 3.63) is 48.5 Å². The van der Waals surface area contributed by atoms with Gasteiger partial charge in [0.1, 0.15) is 18.1 Å². The Kier molecular flexibility index (Phi) is 3.31. The average Bonchev–Trinajstić information content (AvgIpc) is 2.86. The maximum absolute atomic E-state index is 11.1. The third-order valence-electron chi connectivity index (χ3n) is 3.30. The van der Waals surface area contributed by atoms with E-state index in [1.807, 2.05) is 48.5 Å². The summed E-state index contributed by atoms with van der Waals surface area (Å²) in [5.74, 6) is 0.494. The van der Waals surface area contributed by atoms with E-state index in [-0.39, 0.29) is 6.54 Å². The molecule has 0 atom stereocenters. The second-order valence-corrected chi connectivity index (χ2v) is 4.63. The number of imidazole rings is 1. The first-order valence-electron chi connectivity index (χ1n) is 6.50. The number of carbonyl (C=O) groups is 1. The number of rotatable bonds is 4. The highest BCUT2D eigenvalue weighted by molar-refractivity contribution is 5.82. The van der Waals surface area contributed by atoms with Gasteiger partial charge in [0.05, 0.1) is 18.1 Å². The molecule has 5 heteroatoms. The molecule has 0 saturated heterocycles. The first kappa shape index (κ1) is 13.2. The van der Waals surface area contributed by atoms with Crippen molar-refractivity contribution in [1.29, 1.82) is 0 Å². The minimum Gasteiger partial charge on any atom is -0.497 e. The van der Waals surface area contributed by atoms with Crippen LogP contribution in [0.2, 0.25) is 0 Å². The van der Waals surface area contributed by atoms with Crippen LogP contribution < -0.4 is 4.74 Å². The highest BCUT2D eigenvalue weighted by atomic mass is 16.5. The Morgan fingerprint density at radius 3 is 2.57 bits per heavy atom. The number of ether oxygens (including phenoxy) is 1. The summed E-state index contributed by atoms with van der Waals surface area (Å²) in [6.45, 7) is -0.123. The van der Waals surface area contributed by atoms with E-state index in [4.69, 9.17) is 9.84 Å².